The van der Waals surface area contributed by atoms with E-state index in [0.717, 1.165) is 31.0 Å². The maximum atomic E-state index is 12.1. The van der Waals surface area contributed by atoms with Crippen molar-refractivity contribution in [2.24, 2.45) is 5.92 Å². The summed E-state index contributed by atoms with van der Waals surface area (Å²) >= 11 is 0. The minimum absolute atomic E-state index is 0.0745. The highest BCUT2D eigenvalue weighted by Crippen LogP contribution is 2.29. The number of rotatable bonds is 4. The molecule has 1 aromatic rings. The van der Waals surface area contributed by atoms with Gasteiger partial charge in [0, 0.05) is 18.2 Å². The molecule has 0 spiro atoms. The molecule has 0 unspecified atom stereocenters. The summed E-state index contributed by atoms with van der Waals surface area (Å²) in [5.41, 5.74) is 5.24. The van der Waals surface area contributed by atoms with Gasteiger partial charge in [-0.25, -0.2) is 13.1 Å². The van der Waals surface area contributed by atoms with Gasteiger partial charge in [-0.15, -0.1) is 0 Å². The second-order valence-electron chi connectivity index (χ2n) is 4.87. The van der Waals surface area contributed by atoms with Gasteiger partial charge in [0.15, 0.2) is 0 Å². The summed E-state index contributed by atoms with van der Waals surface area (Å²) in [5, 5.41) is 10.6. The third kappa shape index (κ3) is 2.85. The first-order chi connectivity index (χ1) is 8.79. The van der Waals surface area contributed by atoms with Gasteiger partial charge in [-0.2, -0.15) is 0 Å². The molecule has 0 aliphatic heterocycles. The number of nitrogens with zero attached hydrogens (tertiary/aromatic N) is 1. The maximum Gasteiger partial charge on any atom is 0.271 e. The van der Waals surface area contributed by atoms with E-state index in [1.54, 1.807) is 0 Å². The molecular weight excluding hydrogens is 270 g/mol. The average molecular weight is 285 g/mol. The molecule has 8 heteroatoms. The van der Waals surface area contributed by atoms with Crippen molar-refractivity contribution in [3.63, 3.8) is 0 Å². The minimum Gasteiger partial charge on any atom is -0.397 e. The Morgan fingerprint density at radius 1 is 1.42 bits per heavy atom. The van der Waals surface area contributed by atoms with Crippen molar-refractivity contribution in [3.05, 3.63) is 28.3 Å². The van der Waals surface area contributed by atoms with E-state index in [0.29, 0.717) is 5.92 Å². The van der Waals surface area contributed by atoms with E-state index in [1.165, 1.54) is 0 Å². The number of hydrogen-bond donors (Lipinski definition) is 2. The van der Waals surface area contributed by atoms with Gasteiger partial charge in [0.1, 0.15) is 4.90 Å². The number of nitrogens with two attached hydrogens (primary N) is 1. The molecule has 1 saturated carbocycles. The molecule has 0 atom stereocenters. The lowest BCUT2D eigenvalue weighted by Gasteiger charge is -2.32. The van der Waals surface area contributed by atoms with Crippen LogP contribution in [0.5, 0.6) is 0 Å². The molecule has 1 aromatic carbocycles. The van der Waals surface area contributed by atoms with Crippen LogP contribution in [0.3, 0.4) is 0 Å². The van der Waals surface area contributed by atoms with Crippen LogP contribution in [-0.2, 0) is 10.0 Å². The molecule has 1 fully saturated rings. The fourth-order valence-electron chi connectivity index (χ4n) is 2.18. The van der Waals surface area contributed by atoms with Crippen molar-refractivity contribution >= 4 is 21.4 Å². The summed E-state index contributed by atoms with van der Waals surface area (Å²) < 4.78 is 26.7. The molecule has 0 amide bonds. The Kier molecular flexibility index (Phi) is 3.46. The first kappa shape index (κ1) is 13.8. The van der Waals surface area contributed by atoms with E-state index < -0.39 is 14.9 Å². The summed E-state index contributed by atoms with van der Waals surface area (Å²) in [6.07, 6.45) is 1.60. The Labute approximate surface area is 111 Å². The molecule has 104 valence electrons. The van der Waals surface area contributed by atoms with Crippen molar-refractivity contribution < 1.29 is 13.3 Å². The predicted octanol–water partition coefficient (Wildman–Crippen LogP) is 1.25. The summed E-state index contributed by atoms with van der Waals surface area (Å²) in [7, 11) is -3.71. The fraction of sp³-hybridized carbons (Fsp3) is 0.455. The summed E-state index contributed by atoms with van der Waals surface area (Å²) in [5.74, 6) is 0.516. The van der Waals surface area contributed by atoms with E-state index in [9.17, 15) is 18.5 Å². The predicted molar refractivity (Wildman–Crippen MR) is 70.0 cm³/mol. The fourth-order valence-corrected chi connectivity index (χ4v) is 3.55. The second kappa shape index (κ2) is 4.78. The van der Waals surface area contributed by atoms with Crippen LogP contribution in [0.25, 0.3) is 0 Å². The monoisotopic (exact) mass is 285 g/mol. The zero-order chi connectivity index (χ0) is 14.2. The number of benzene rings is 1. The first-order valence-electron chi connectivity index (χ1n) is 5.86. The van der Waals surface area contributed by atoms with E-state index in [1.807, 2.05) is 6.92 Å². The molecule has 1 aliphatic carbocycles. The van der Waals surface area contributed by atoms with Crippen LogP contribution in [0, 0.1) is 16.0 Å². The molecule has 0 radical (unpaired) electrons. The summed E-state index contributed by atoms with van der Waals surface area (Å²) in [4.78, 5) is 9.84. The summed E-state index contributed by atoms with van der Waals surface area (Å²) in [6.45, 7) is 2.05. The highest BCUT2D eigenvalue weighted by molar-refractivity contribution is 7.89. The molecule has 3 N–H and O–H groups in total. The molecule has 1 aliphatic rings. The van der Waals surface area contributed by atoms with Crippen molar-refractivity contribution in [2.45, 2.75) is 30.7 Å². The Balaban J connectivity index is 2.23. The Morgan fingerprint density at radius 3 is 2.53 bits per heavy atom. The minimum atomic E-state index is -3.71. The van der Waals surface area contributed by atoms with Crippen molar-refractivity contribution in [1.82, 2.24) is 4.72 Å². The van der Waals surface area contributed by atoms with Crippen LogP contribution in [0.4, 0.5) is 11.4 Å². The Morgan fingerprint density at radius 2 is 2.05 bits per heavy atom. The Hall–Kier alpha value is -1.67. The molecule has 19 heavy (non-hydrogen) atoms. The second-order valence-corrected chi connectivity index (χ2v) is 6.56. The average Bonchev–Trinajstić information content (AvgIpc) is 2.26. The van der Waals surface area contributed by atoms with Gasteiger partial charge in [-0.1, -0.05) is 6.92 Å². The lowest BCUT2D eigenvalue weighted by atomic mass is 9.83. The number of nitrogens with one attached hydrogen (secondary N) is 1. The summed E-state index contributed by atoms with van der Waals surface area (Å²) in [6, 6.07) is 3.28. The normalized spacial score (nSPS) is 22.8. The molecule has 0 bridgehead atoms. The lowest BCUT2D eigenvalue weighted by molar-refractivity contribution is -0.384. The number of nitro benzene ring substituents is 1. The van der Waals surface area contributed by atoms with Gasteiger partial charge in [-0.05, 0) is 24.8 Å². The van der Waals surface area contributed by atoms with Gasteiger partial charge in [0.05, 0.1) is 10.6 Å². The van der Waals surface area contributed by atoms with Crippen molar-refractivity contribution in [1.29, 1.82) is 0 Å². The number of nitrogen functional groups attached to an aromatic ring is 1. The molecule has 0 aromatic heterocycles. The number of sulfonamides is 1. The standard InChI is InChI=1S/C11H15N3O4S/c1-7-4-8(5-7)13-19(17,18)11-3-2-9(14(15)16)6-10(11)12/h2-3,6-8,13H,4-5,12H2,1H3. The van der Waals surface area contributed by atoms with E-state index in [2.05, 4.69) is 4.72 Å². The molecule has 0 heterocycles. The third-order valence-corrected chi connectivity index (χ3v) is 4.78. The zero-order valence-corrected chi connectivity index (χ0v) is 11.2. The van der Waals surface area contributed by atoms with Crippen LogP contribution in [0.15, 0.2) is 23.1 Å². The van der Waals surface area contributed by atoms with E-state index in [4.69, 9.17) is 5.73 Å². The molecule has 2 rings (SSSR count). The van der Waals surface area contributed by atoms with Crippen molar-refractivity contribution in [3.8, 4) is 0 Å². The van der Waals surface area contributed by atoms with E-state index >= 15 is 0 Å². The third-order valence-electron chi connectivity index (χ3n) is 3.19. The van der Waals surface area contributed by atoms with Gasteiger partial charge in [0.2, 0.25) is 10.0 Å². The van der Waals surface area contributed by atoms with Gasteiger partial charge >= 0.3 is 0 Å². The molecule has 7 nitrogen and oxygen atoms in total. The highest BCUT2D eigenvalue weighted by Gasteiger charge is 2.30. The number of nitro groups is 1. The highest BCUT2D eigenvalue weighted by atomic mass is 32.2. The van der Waals surface area contributed by atoms with Crippen LogP contribution < -0.4 is 10.5 Å². The quantitative estimate of drug-likeness (QED) is 0.491. The van der Waals surface area contributed by atoms with Crippen LogP contribution >= 0.6 is 0 Å². The smallest absolute Gasteiger partial charge is 0.271 e. The maximum absolute atomic E-state index is 12.1. The van der Waals surface area contributed by atoms with Gasteiger partial charge in [0.25, 0.3) is 5.69 Å². The topological polar surface area (TPSA) is 115 Å². The Bertz CT molecular complexity index is 608. The zero-order valence-electron chi connectivity index (χ0n) is 10.4. The largest absolute Gasteiger partial charge is 0.397 e. The van der Waals surface area contributed by atoms with Crippen molar-refractivity contribution in [2.75, 3.05) is 5.73 Å². The first-order valence-corrected chi connectivity index (χ1v) is 7.34. The lowest BCUT2D eigenvalue weighted by Crippen LogP contribution is -2.43. The number of anilines is 1. The van der Waals surface area contributed by atoms with E-state index in [-0.39, 0.29) is 22.3 Å². The number of non-ortho nitro benzene ring substituents is 1. The molecule has 0 saturated heterocycles. The van der Waals surface area contributed by atoms with Crippen LogP contribution in [-0.4, -0.2) is 19.4 Å². The van der Waals surface area contributed by atoms with Crippen LogP contribution in [0.1, 0.15) is 19.8 Å². The van der Waals surface area contributed by atoms with Crippen LogP contribution in [0.2, 0.25) is 0 Å². The van der Waals surface area contributed by atoms with Gasteiger partial charge in [-0.3, -0.25) is 10.1 Å². The van der Waals surface area contributed by atoms with Gasteiger partial charge < -0.3 is 5.73 Å². The SMILES string of the molecule is CC1CC(NS(=O)(=O)c2ccc([N+](=O)[O-])cc2N)C1. The molecular formula is C11H15N3O4S. The number of hydrogen-bond acceptors (Lipinski definition) is 5.